The van der Waals surface area contributed by atoms with Crippen LogP contribution in [0.5, 0.6) is 0 Å². The van der Waals surface area contributed by atoms with Crippen molar-refractivity contribution < 1.29 is 19.0 Å². The molecule has 5 heteroatoms. The summed E-state index contributed by atoms with van der Waals surface area (Å²) in [7, 11) is 0. The number of amides is 1. The van der Waals surface area contributed by atoms with Crippen LogP contribution in [0.15, 0.2) is 36.4 Å². The van der Waals surface area contributed by atoms with E-state index in [0.29, 0.717) is 11.1 Å². The molecule has 0 saturated heterocycles. The topological polar surface area (TPSA) is 58.6 Å². The van der Waals surface area contributed by atoms with E-state index in [0.717, 1.165) is 0 Å². The number of aliphatic hydroxyl groups is 1. The summed E-state index contributed by atoms with van der Waals surface area (Å²) in [5, 5.41) is 11.8. The molecular formula is C15H20FNO3. The molecule has 2 N–H and O–H groups in total. The molecule has 1 rings (SSSR count). The molecule has 1 unspecified atom stereocenters. The summed E-state index contributed by atoms with van der Waals surface area (Å²) in [6.45, 7) is 8.67. The van der Waals surface area contributed by atoms with E-state index < -0.39 is 17.7 Å². The molecule has 110 valence electrons. The molecule has 0 aliphatic heterocycles. The van der Waals surface area contributed by atoms with Crippen LogP contribution < -0.4 is 5.32 Å². The van der Waals surface area contributed by atoms with Gasteiger partial charge in [-0.3, -0.25) is 0 Å². The quantitative estimate of drug-likeness (QED) is 0.834. The lowest BCUT2D eigenvalue weighted by molar-refractivity contribution is 0.0509. The van der Waals surface area contributed by atoms with Crippen molar-refractivity contribution >= 4 is 6.09 Å². The van der Waals surface area contributed by atoms with Gasteiger partial charge in [0.15, 0.2) is 0 Å². The van der Waals surface area contributed by atoms with Crippen LogP contribution in [0.1, 0.15) is 32.4 Å². The van der Waals surface area contributed by atoms with Gasteiger partial charge in [0.2, 0.25) is 0 Å². The molecule has 0 heterocycles. The zero-order valence-corrected chi connectivity index (χ0v) is 11.9. The molecule has 0 aromatic heterocycles. The Morgan fingerprint density at radius 3 is 2.40 bits per heavy atom. The molecule has 0 bridgehead atoms. The first-order valence-corrected chi connectivity index (χ1v) is 6.26. The van der Waals surface area contributed by atoms with Crippen molar-refractivity contribution in [1.29, 1.82) is 0 Å². The van der Waals surface area contributed by atoms with Crippen LogP contribution in [0.25, 0.3) is 0 Å². The molecule has 1 aromatic carbocycles. The van der Waals surface area contributed by atoms with Gasteiger partial charge in [-0.1, -0.05) is 18.7 Å². The molecule has 0 aliphatic carbocycles. The van der Waals surface area contributed by atoms with Gasteiger partial charge in [-0.15, -0.1) is 0 Å². The summed E-state index contributed by atoms with van der Waals surface area (Å²) in [5.41, 5.74) is 0.386. The number of rotatable bonds is 4. The summed E-state index contributed by atoms with van der Waals surface area (Å²) in [6.07, 6.45) is -0.624. The lowest BCUT2D eigenvalue weighted by Crippen LogP contribution is -2.36. The van der Waals surface area contributed by atoms with Gasteiger partial charge in [-0.25, -0.2) is 9.18 Å². The first-order chi connectivity index (χ1) is 9.23. The van der Waals surface area contributed by atoms with Crippen LogP contribution in [0.2, 0.25) is 0 Å². The number of ether oxygens (including phenoxy) is 1. The summed E-state index contributed by atoms with van der Waals surface area (Å²) in [6, 6.07) is 4.99. The maximum atomic E-state index is 12.9. The fourth-order valence-electron chi connectivity index (χ4n) is 1.59. The fraction of sp³-hybridized carbons (Fsp3) is 0.400. The molecule has 1 aromatic rings. The fourth-order valence-corrected chi connectivity index (χ4v) is 1.59. The average Bonchev–Trinajstić information content (AvgIpc) is 2.34. The monoisotopic (exact) mass is 281 g/mol. The van der Waals surface area contributed by atoms with Crippen molar-refractivity contribution in [2.75, 3.05) is 6.61 Å². The van der Waals surface area contributed by atoms with Gasteiger partial charge in [0.25, 0.3) is 0 Å². The molecule has 20 heavy (non-hydrogen) atoms. The second kappa shape index (κ2) is 6.52. The van der Waals surface area contributed by atoms with Crippen LogP contribution >= 0.6 is 0 Å². The highest BCUT2D eigenvalue weighted by Crippen LogP contribution is 2.21. The minimum Gasteiger partial charge on any atom is -0.444 e. The Bertz CT molecular complexity index is 477. The van der Waals surface area contributed by atoms with Gasteiger partial charge in [0, 0.05) is 0 Å². The third-order valence-corrected chi connectivity index (χ3v) is 2.48. The van der Waals surface area contributed by atoms with Crippen LogP contribution in [0, 0.1) is 5.82 Å². The van der Waals surface area contributed by atoms with Crippen molar-refractivity contribution in [3.05, 3.63) is 47.8 Å². The van der Waals surface area contributed by atoms with Crippen molar-refractivity contribution in [2.45, 2.75) is 32.4 Å². The SMILES string of the molecule is C=C(CO)C(NC(=O)OC(C)(C)C)c1ccc(F)cc1. The van der Waals surface area contributed by atoms with Gasteiger partial charge >= 0.3 is 6.09 Å². The number of hydrogen-bond acceptors (Lipinski definition) is 3. The van der Waals surface area contributed by atoms with Gasteiger partial charge in [-0.2, -0.15) is 0 Å². The molecule has 1 atom stereocenters. The Morgan fingerprint density at radius 2 is 1.95 bits per heavy atom. The first-order valence-electron chi connectivity index (χ1n) is 6.26. The minimum absolute atomic E-state index is 0.294. The Balaban J connectivity index is 2.88. The number of carbonyl (C=O) groups is 1. The van der Waals surface area contributed by atoms with Crippen molar-refractivity contribution in [2.24, 2.45) is 0 Å². The van der Waals surface area contributed by atoms with Crippen LogP contribution in [-0.4, -0.2) is 23.4 Å². The molecule has 0 spiro atoms. The first kappa shape index (κ1) is 16.2. The Labute approximate surface area is 118 Å². The normalized spacial score (nSPS) is 12.7. The third-order valence-electron chi connectivity index (χ3n) is 2.48. The van der Waals surface area contributed by atoms with Crippen LogP contribution in [-0.2, 0) is 4.74 Å². The maximum absolute atomic E-state index is 12.9. The smallest absolute Gasteiger partial charge is 0.408 e. The van der Waals surface area contributed by atoms with Gasteiger partial charge in [-0.05, 0) is 44.0 Å². The Kier molecular flexibility index (Phi) is 5.27. The number of aliphatic hydroxyl groups excluding tert-OH is 1. The lowest BCUT2D eigenvalue weighted by atomic mass is 10.0. The van der Waals surface area contributed by atoms with E-state index in [2.05, 4.69) is 11.9 Å². The summed E-state index contributed by atoms with van der Waals surface area (Å²) in [5.74, 6) is -0.376. The number of carbonyl (C=O) groups excluding carboxylic acids is 1. The standard InChI is InChI=1S/C15H20FNO3/c1-10(9-18)13(11-5-7-12(16)8-6-11)17-14(19)20-15(2,3)4/h5-8,13,18H,1,9H2,2-4H3,(H,17,19). The zero-order valence-electron chi connectivity index (χ0n) is 11.9. The zero-order chi connectivity index (χ0) is 15.3. The highest BCUT2D eigenvalue weighted by molar-refractivity contribution is 5.69. The van der Waals surface area contributed by atoms with Gasteiger partial charge < -0.3 is 15.2 Å². The van der Waals surface area contributed by atoms with E-state index >= 15 is 0 Å². The van der Waals surface area contributed by atoms with Crippen molar-refractivity contribution in [3.8, 4) is 0 Å². The predicted molar refractivity (Wildman–Crippen MR) is 74.7 cm³/mol. The van der Waals surface area contributed by atoms with E-state index in [4.69, 9.17) is 4.74 Å². The van der Waals surface area contributed by atoms with Gasteiger partial charge in [0.05, 0.1) is 12.6 Å². The number of alkyl carbamates (subject to hydrolysis) is 1. The van der Waals surface area contributed by atoms with Gasteiger partial charge in [0.1, 0.15) is 11.4 Å². The average molecular weight is 281 g/mol. The van der Waals surface area contributed by atoms with E-state index in [1.54, 1.807) is 20.8 Å². The summed E-state index contributed by atoms with van der Waals surface area (Å²) >= 11 is 0. The Hall–Kier alpha value is -1.88. The molecular weight excluding hydrogens is 261 g/mol. The lowest BCUT2D eigenvalue weighted by Gasteiger charge is -2.24. The Morgan fingerprint density at radius 1 is 1.40 bits per heavy atom. The summed E-state index contributed by atoms with van der Waals surface area (Å²) in [4.78, 5) is 11.8. The number of nitrogens with one attached hydrogen (secondary N) is 1. The highest BCUT2D eigenvalue weighted by Gasteiger charge is 2.22. The molecule has 0 aliphatic rings. The number of halogens is 1. The van der Waals surface area contributed by atoms with E-state index in [1.165, 1.54) is 24.3 Å². The molecule has 1 amide bonds. The van der Waals surface area contributed by atoms with Crippen LogP contribution in [0.4, 0.5) is 9.18 Å². The van der Waals surface area contributed by atoms with E-state index in [9.17, 15) is 14.3 Å². The minimum atomic E-state index is -0.629. The molecule has 0 radical (unpaired) electrons. The predicted octanol–water partition coefficient (Wildman–Crippen LogP) is 2.94. The summed E-state index contributed by atoms with van der Waals surface area (Å²) < 4.78 is 18.1. The van der Waals surface area contributed by atoms with Crippen molar-refractivity contribution in [1.82, 2.24) is 5.32 Å². The largest absolute Gasteiger partial charge is 0.444 e. The van der Waals surface area contributed by atoms with Crippen LogP contribution in [0.3, 0.4) is 0 Å². The molecule has 4 nitrogen and oxygen atoms in total. The van der Waals surface area contributed by atoms with Crippen molar-refractivity contribution in [3.63, 3.8) is 0 Å². The number of benzene rings is 1. The highest BCUT2D eigenvalue weighted by atomic mass is 19.1. The third kappa shape index (κ3) is 5.01. The second-order valence-electron chi connectivity index (χ2n) is 5.45. The van der Waals surface area contributed by atoms with E-state index in [1.807, 2.05) is 0 Å². The second-order valence-corrected chi connectivity index (χ2v) is 5.45. The number of hydrogen-bond donors (Lipinski definition) is 2. The van der Waals surface area contributed by atoms with E-state index in [-0.39, 0.29) is 12.4 Å². The molecule has 0 fully saturated rings. The maximum Gasteiger partial charge on any atom is 0.408 e. The molecule has 0 saturated carbocycles.